The predicted molar refractivity (Wildman–Crippen MR) is 117 cm³/mol. The molecule has 0 spiro atoms. The van der Waals surface area contributed by atoms with Crippen LogP contribution in [0.2, 0.25) is 0 Å². The van der Waals surface area contributed by atoms with Gasteiger partial charge < -0.3 is 4.74 Å². The van der Waals surface area contributed by atoms with Crippen molar-refractivity contribution in [3.05, 3.63) is 28.8 Å². The first kappa shape index (κ1) is 21.7. The van der Waals surface area contributed by atoms with Crippen LogP contribution in [0.3, 0.4) is 0 Å². The standard InChI is InChI=1S/C24H38O3S/c1-17(2)28(25,26)16-22-9-5-20(6-10-22)11-12-23-13-14-24(19(4)18(23)3)27-15-21-7-8-21/h13-14,17,20-22H,5-12,15-16H2,1-4H3. The lowest BCUT2D eigenvalue weighted by atomic mass is 9.80. The normalized spacial score (nSPS) is 23.2. The molecule has 3 nitrogen and oxygen atoms in total. The van der Waals surface area contributed by atoms with E-state index in [1.807, 2.05) is 0 Å². The van der Waals surface area contributed by atoms with Gasteiger partial charge in [-0.2, -0.15) is 0 Å². The molecule has 28 heavy (non-hydrogen) atoms. The fraction of sp³-hybridized carbons (Fsp3) is 0.750. The molecule has 0 heterocycles. The van der Waals surface area contributed by atoms with Crippen LogP contribution in [0.5, 0.6) is 5.75 Å². The number of rotatable bonds is 9. The quantitative estimate of drug-likeness (QED) is 0.532. The van der Waals surface area contributed by atoms with Gasteiger partial charge in [0.15, 0.2) is 9.84 Å². The van der Waals surface area contributed by atoms with E-state index in [0.29, 0.717) is 11.7 Å². The van der Waals surface area contributed by atoms with Gasteiger partial charge in [-0.05, 0) is 107 Å². The van der Waals surface area contributed by atoms with E-state index in [4.69, 9.17) is 4.74 Å². The Balaban J connectivity index is 1.46. The lowest BCUT2D eigenvalue weighted by Crippen LogP contribution is -2.26. The van der Waals surface area contributed by atoms with Crippen LogP contribution in [0, 0.1) is 31.6 Å². The SMILES string of the molecule is Cc1c(CCC2CCC(CS(=O)(=O)C(C)C)CC2)ccc(OCC2CC2)c1C. The minimum Gasteiger partial charge on any atom is -0.493 e. The van der Waals surface area contributed by atoms with Crippen LogP contribution in [-0.4, -0.2) is 26.0 Å². The van der Waals surface area contributed by atoms with Crippen molar-refractivity contribution < 1.29 is 13.2 Å². The molecule has 158 valence electrons. The molecule has 0 unspecified atom stereocenters. The van der Waals surface area contributed by atoms with Gasteiger partial charge >= 0.3 is 0 Å². The second-order valence-corrected chi connectivity index (χ2v) is 12.1. The summed E-state index contributed by atoms with van der Waals surface area (Å²) in [5, 5.41) is -0.243. The fourth-order valence-corrected chi connectivity index (χ4v) is 5.71. The Kier molecular flexibility index (Phi) is 7.12. The third-order valence-electron chi connectivity index (χ3n) is 7.00. The molecule has 2 saturated carbocycles. The maximum atomic E-state index is 12.2. The predicted octanol–water partition coefficient (Wildman–Crippen LogP) is 5.65. The Hall–Kier alpha value is -1.03. The average Bonchev–Trinajstić information content (AvgIpc) is 3.47. The van der Waals surface area contributed by atoms with E-state index in [9.17, 15) is 8.42 Å². The number of aryl methyl sites for hydroxylation is 1. The van der Waals surface area contributed by atoms with Crippen LogP contribution in [0.25, 0.3) is 0 Å². The van der Waals surface area contributed by atoms with Crippen molar-refractivity contribution in [1.29, 1.82) is 0 Å². The molecule has 0 bridgehead atoms. The molecule has 4 heteroatoms. The van der Waals surface area contributed by atoms with Crippen LogP contribution in [0.1, 0.15) is 75.5 Å². The Morgan fingerprint density at radius 3 is 2.14 bits per heavy atom. The van der Waals surface area contributed by atoms with E-state index >= 15 is 0 Å². The first-order chi connectivity index (χ1) is 13.3. The molecule has 2 fully saturated rings. The minimum atomic E-state index is -2.90. The number of hydrogen-bond acceptors (Lipinski definition) is 3. The summed E-state index contributed by atoms with van der Waals surface area (Å²) in [4.78, 5) is 0. The summed E-state index contributed by atoms with van der Waals surface area (Å²) >= 11 is 0. The zero-order chi connectivity index (χ0) is 20.3. The van der Waals surface area contributed by atoms with Crippen molar-refractivity contribution in [2.24, 2.45) is 17.8 Å². The third-order valence-corrected chi connectivity index (χ3v) is 9.37. The van der Waals surface area contributed by atoms with Gasteiger partial charge in [-0.15, -0.1) is 0 Å². The van der Waals surface area contributed by atoms with E-state index in [1.165, 1.54) is 48.8 Å². The number of ether oxygens (including phenoxy) is 1. The van der Waals surface area contributed by atoms with E-state index in [0.717, 1.165) is 43.5 Å². The summed E-state index contributed by atoms with van der Waals surface area (Å²) in [5.41, 5.74) is 4.12. The van der Waals surface area contributed by atoms with E-state index in [-0.39, 0.29) is 5.25 Å². The van der Waals surface area contributed by atoms with Crippen LogP contribution in [0.4, 0.5) is 0 Å². The molecular formula is C24H38O3S. The molecule has 1 aromatic rings. The lowest BCUT2D eigenvalue weighted by molar-refractivity contribution is 0.278. The summed E-state index contributed by atoms with van der Waals surface area (Å²) in [6.45, 7) is 8.88. The Morgan fingerprint density at radius 1 is 0.929 bits per heavy atom. The molecule has 0 radical (unpaired) electrons. The van der Waals surface area contributed by atoms with Crippen LogP contribution < -0.4 is 4.74 Å². The molecule has 1 aromatic carbocycles. The highest BCUT2D eigenvalue weighted by Gasteiger charge is 2.27. The maximum Gasteiger partial charge on any atom is 0.152 e. The van der Waals surface area contributed by atoms with Gasteiger partial charge in [-0.1, -0.05) is 18.9 Å². The highest BCUT2D eigenvalue weighted by molar-refractivity contribution is 7.91. The van der Waals surface area contributed by atoms with Crippen molar-refractivity contribution in [3.63, 3.8) is 0 Å². The van der Waals surface area contributed by atoms with Crippen molar-refractivity contribution >= 4 is 9.84 Å². The number of benzene rings is 1. The molecule has 3 rings (SSSR count). The second-order valence-electron chi connectivity index (χ2n) is 9.53. The molecule has 0 aromatic heterocycles. The fourth-order valence-electron chi connectivity index (χ4n) is 4.34. The molecule has 0 N–H and O–H groups in total. The third kappa shape index (κ3) is 5.75. The van der Waals surface area contributed by atoms with Crippen LogP contribution in [-0.2, 0) is 16.3 Å². The van der Waals surface area contributed by atoms with Crippen molar-refractivity contribution in [2.75, 3.05) is 12.4 Å². The zero-order valence-electron chi connectivity index (χ0n) is 18.2. The van der Waals surface area contributed by atoms with Gasteiger partial charge in [-0.3, -0.25) is 0 Å². The number of sulfone groups is 1. The molecule has 0 aliphatic heterocycles. The zero-order valence-corrected chi connectivity index (χ0v) is 19.0. The smallest absolute Gasteiger partial charge is 0.152 e. The van der Waals surface area contributed by atoms with Gasteiger partial charge in [0, 0.05) is 0 Å². The van der Waals surface area contributed by atoms with Gasteiger partial charge in [0.05, 0.1) is 17.6 Å². The Labute approximate surface area is 172 Å². The Morgan fingerprint density at radius 2 is 1.54 bits per heavy atom. The second kappa shape index (κ2) is 9.19. The highest BCUT2D eigenvalue weighted by atomic mass is 32.2. The molecule has 2 aliphatic carbocycles. The maximum absolute atomic E-state index is 12.2. The topological polar surface area (TPSA) is 43.4 Å². The molecule has 2 aliphatic rings. The first-order valence-corrected chi connectivity index (χ1v) is 12.9. The lowest BCUT2D eigenvalue weighted by Gasteiger charge is -2.29. The van der Waals surface area contributed by atoms with Crippen molar-refractivity contribution in [1.82, 2.24) is 0 Å². The summed E-state index contributed by atoms with van der Waals surface area (Å²) < 4.78 is 30.3. The highest BCUT2D eigenvalue weighted by Crippen LogP contribution is 2.35. The Bertz CT molecular complexity index is 754. The van der Waals surface area contributed by atoms with Gasteiger partial charge in [0.25, 0.3) is 0 Å². The van der Waals surface area contributed by atoms with Crippen LogP contribution in [0.15, 0.2) is 12.1 Å². The number of hydrogen-bond donors (Lipinski definition) is 0. The molecule has 0 atom stereocenters. The van der Waals surface area contributed by atoms with Gasteiger partial charge in [0.2, 0.25) is 0 Å². The monoisotopic (exact) mass is 406 g/mol. The molecular weight excluding hydrogens is 368 g/mol. The van der Waals surface area contributed by atoms with E-state index in [2.05, 4.69) is 26.0 Å². The summed E-state index contributed by atoms with van der Waals surface area (Å²) in [6, 6.07) is 4.42. The van der Waals surface area contributed by atoms with Crippen LogP contribution >= 0.6 is 0 Å². The summed E-state index contributed by atoms with van der Waals surface area (Å²) in [5.74, 6) is 3.34. The largest absolute Gasteiger partial charge is 0.493 e. The van der Waals surface area contributed by atoms with E-state index < -0.39 is 9.84 Å². The molecule has 0 saturated heterocycles. The summed E-state index contributed by atoms with van der Waals surface area (Å²) in [7, 11) is -2.90. The minimum absolute atomic E-state index is 0.243. The van der Waals surface area contributed by atoms with Crippen molar-refractivity contribution in [3.8, 4) is 5.75 Å². The average molecular weight is 407 g/mol. The van der Waals surface area contributed by atoms with Gasteiger partial charge in [0.1, 0.15) is 5.75 Å². The molecule has 0 amide bonds. The van der Waals surface area contributed by atoms with Crippen molar-refractivity contribution in [2.45, 2.75) is 84.3 Å². The first-order valence-electron chi connectivity index (χ1n) is 11.2. The van der Waals surface area contributed by atoms with E-state index in [1.54, 1.807) is 13.8 Å². The van der Waals surface area contributed by atoms with Gasteiger partial charge in [-0.25, -0.2) is 8.42 Å². The summed E-state index contributed by atoms with van der Waals surface area (Å²) in [6.07, 6.45) is 9.48.